The molecule has 0 radical (unpaired) electrons. The minimum Gasteiger partial charge on any atom is -0.483 e. The Bertz CT molecular complexity index is 857. The van der Waals surface area contributed by atoms with Crippen molar-refractivity contribution in [3.8, 4) is 5.75 Å². The average molecular weight is 378 g/mol. The van der Waals surface area contributed by atoms with Crippen LogP contribution in [0.4, 0.5) is 4.39 Å². The number of nitrogens with zero attached hydrogens (tertiary/aromatic N) is 3. The van der Waals surface area contributed by atoms with Crippen LogP contribution in [-0.2, 0) is 12.8 Å². The molecule has 0 N–H and O–H groups in total. The number of benzene rings is 2. The lowest BCUT2D eigenvalue weighted by atomic mass is 10.2. The molecule has 1 unspecified atom stereocenters. The summed E-state index contributed by atoms with van der Waals surface area (Å²) in [6, 6.07) is 14.0. The highest BCUT2D eigenvalue weighted by atomic mass is 35.5. The van der Waals surface area contributed by atoms with Crippen LogP contribution in [0.1, 0.15) is 24.4 Å². The molecule has 25 heavy (non-hydrogen) atoms. The third-order valence-electron chi connectivity index (χ3n) is 3.66. The number of rotatable bonds is 6. The van der Waals surface area contributed by atoms with Gasteiger partial charge in [-0.15, -0.1) is 10.2 Å². The standard InChI is InChI=1S/C18H17ClFN3OS/c1-12(24-15-6-4-3-5-7-15)17-21-22-18(23(17)2)25-11-13-8-9-14(20)10-16(13)19/h3-10,12H,11H2,1-2H3. The topological polar surface area (TPSA) is 39.9 Å². The Hall–Kier alpha value is -2.05. The molecule has 0 spiro atoms. The molecule has 0 aliphatic rings. The average Bonchev–Trinajstić information content (AvgIpc) is 2.96. The summed E-state index contributed by atoms with van der Waals surface area (Å²) in [7, 11) is 1.90. The Morgan fingerprint density at radius 1 is 1.20 bits per heavy atom. The van der Waals surface area contributed by atoms with Gasteiger partial charge < -0.3 is 9.30 Å². The van der Waals surface area contributed by atoms with Gasteiger partial charge in [0.2, 0.25) is 0 Å². The summed E-state index contributed by atoms with van der Waals surface area (Å²) in [5, 5.41) is 9.62. The highest BCUT2D eigenvalue weighted by molar-refractivity contribution is 7.98. The van der Waals surface area contributed by atoms with E-state index < -0.39 is 0 Å². The van der Waals surface area contributed by atoms with Gasteiger partial charge in [0.05, 0.1) is 0 Å². The van der Waals surface area contributed by atoms with E-state index in [0.717, 1.165) is 22.3 Å². The molecular weight excluding hydrogens is 361 g/mol. The van der Waals surface area contributed by atoms with Gasteiger partial charge in [0.1, 0.15) is 11.6 Å². The van der Waals surface area contributed by atoms with Gasteiger partial charge in [-0.3, -0.25) is 0 Å². The Balaban J connectivity index is 1.68. The van der Waals surface area contributed by atoms with E-state index in [0.29, 0.717) is 10.8 Å². The maximum Gasteiger partial charge on any atom is 0.191 e. The minimum atomic E-state index is -0.341. The van der Waals surface area contributed by atoms with Crippen LogP contribution < -0.4 is 4.74 Å². The molecular formula is C18H17ClFN3OS. The Morgan fingerprint density at radius 3 is 2.68 bits per heavy atom. The van der Waals surface area contributed by atoms with Crippen LogP contribution in [-0.4, -0.2) is 14.8 Å². The van der Waals surface area contributed by atoms with Gasteiger partial charge >= 0.3 is 0 Å². The van der Waals surface area contributed by atoms with Gasteiger partial charge in [0.15, 0.2) is 17.1 Å². The van der Waals surface area contributed by atoms with Crippen molar-refractivity contribution < 1.29 is 9.13 Å². The van der Waals surface area contributed by atoms with Gasteiger partial charge in [0, 0.05) is 17.8 Å². The molecule has 7 heteroatoms. The van der Waals surface area contributed by atoms with E-state index in [1.807, 2.05) is 48.9 Å². The number of aromatic nitrogens is 3. The number of thioether (sulfide) groups is 1. The fraction of sp³-hybridized carbons (Fsp3) is 0.222. The zero-order valence-corrected chi connectivity index (χ0v) is 15.4. The Labute approximate surface area is 155 Å². The first-order valence-corrected chi connectivity index (χ1v) is 9.08. The van der Waals surface area contributed by atoms with Crippen molar-refractivity contribution in [2.75, 3.05) is 0 Å². The number of halogens is 2. The van der Waals surface area contributed by atoms with Crippen LogP contribution in [0.15, 0.2) is 53.7 Å². The molecule has 0 saturated carbocycles. The molecule has 0 aliphatic heterocycles. The molecule has 0 saturated heterocycles. The third kappa shape index (κ3) is 4.32. The first-order valence-electron chi connectivity index (χ1n) is 7.72. The van der Waals surface area contributed by atoms with Crippen LogP contribution in [0.2, 0.25) is 5.02 Å². The molecule has 2 aromatic carbocycles. The zero-order chi connectivity index (χ0) is 17.8. The maximum absolute atomic E-state index is 13.1. The van der Waals surface area contributed by atoms with Gasteiger partial charge in [-0.1, -0.05) is 47.6 Å². The van der Waals surface area contributed by atoms with Crippen molar-refractivity contribution in [1.82, 2.24) is 14.8 Å². The van der Waals surface area contributed by atoms with Crippen molar-refractivity contribution in [3.05, 3.63) is 70.8 Å². The monoisotopic (exact) mass is 377 g/mol. The molecule has 1 heterocycles. The first kappa shape index (κ1) is 17.8. The van der Waals surface area contributed by atoms with Gasteiger partial charge in [0.25, 0.3) is 0 Å². The van der Waals surface area contributed by atoms with Crippen molar-refractivity contribution in [2.45, 2.75) is 23.9 Å². The van der Waals surface area contributed by atoms with E-state index in [4.69, 9.17) is 16.3 Å². The lowest BCUT2D eigenvalue weighted by Gasteiger charge is -2.14. The predicted molar refractivity (Wildman–Crippen MR) is 97.5 cm³/mol. The molecule has 1 aromatic heterocycles. The second kappa shape index (κ2) is 7.89. The Kier molecular flexibility index (Phi) is 5.60. The number of para-hydroxylation sites is 1. The Morgan fingerprint density at radius 2 is 1.96 bits per heavy atom. The SMILES string of the molecule is CC(Oc1ccccc1)c1nnc(SCc2ccc(F)cc2Cl)n1C. The number of hydrogen-bond acceptors (Lipinski definition) is 4. The summed E-state index contributed by atoms with van der Waals surface area (Å²) in [4.78, 5) is 0. The summed E-state index contributed by atoms with van der Waals surface area (Å²) in [5.74, 6) is 1.76. The minimum absolute atomic E-state index is 0.233. The van der Waals surface area contributed by atoms with Crippen molar-refractivity contribution in [1.29, 1.82) is 0 Å². The molecule has 1 atom stereocenters. The summed E-state index contributed by atoms with van der Waals surface area (Å²) in [5.41, 5.74) is 0.853. The highest BCUT2D eigenvalue weighted by Crippen LogP contribution is 2.28. The molecule has 3 rings (SSSR count). The quantitative estimate of drug-likeness (QED) is 0.564. The smallest absolute Gasteiger partial charge is 0.191 e. The largest absolute Gasteiger partial charge is 0.483 e. The molecule has 3 aromatic rings. The number of ether oxygens (including phenoxy) is 1. The van der Waals surface area contributed by atoms with Crippen LogP contribution in [0.5, 0.6) is 5.75 Å². The summed E-state index contributed by atoms with van der Waals surface area (Å²) < 4.78 is 20.9. The highest BCUT2D eigenvalue weighted by Gasteiger charge is 2.17. The van der Waals surface area contributed by atoms with Crippen molar-refractivity contribution >= 4 is 23.4 Å². The molecule has 0 aliphatic carbocycles. The molecule has 0 fully saturated rings. The van der Waals surface area contributed by atoms with E-state index in [2.05, 4.69) is 10.2 Å². The van der Waals surface area contributed by atoms with E-state index in [-0.39, 0.29) is 11.9 Å². The van der Waals surface area contributed by atoms with E-state index in [1.165, 1.54) is 23.9 Å². The first-order chi connectivity index (χ1) is 12.0. The molecule has 0 bridgehead atoms. The third-order valence-corrected chi connectivity index (χ3v) is 5.08. The summed E-state index contributed by atoms with van der Waals surface area (Å²) in [6.45, 7) is 1.93. The van der Waals surface area contributed by atoms with Gasteiger partial charge in [-0.25, -0.2) is 4.39 Å². The van der Waals surface area contributed by atoms with Crippen LogP contribution in [0.3, 0.4) is 0 Å². The van der Waals surface area contributed by atoms with Crippen molar-refractivity contribution in [2.24, 2.45) is 7.05 Å². The van der Waals surface area contributed by atoms with Crippen LogP contribution in [0.25, 0.3) is 0 Å². The lowest BCUT2D eigenvalue weighted by molar-refractivity contribution is 0.211. The summed E-state index contributed by atoms with van der Waals surface area (Å²) in [6.07, 6.45) is -0.233. The van der Waals surface area contributed by atoms with Crippen LogP contribution >= 0.6 is 23.4 Å². The van der Waals surface area contributed by atoms with Crippen molar-refractivity contribution in [3.63, 3.8) is 0 Å². The van der Waals surface area contributed by atoms with Gasteiger partial charge in [-0.05, 0) is 36.8 Å². The lowest BCUT2D eigenvalue weighted by Crippen LogP contribution is -2.10. The second-order valence-corrected chi connectivity index (χ2v) is 6.85. The van der Waals surface area contributed by atoms with Crippen LogP contribution in [0, 0.1) is 5.82 Å². The zero-order valence-electron chi connectivity index (χ0n) is 13.8. The van der Waals surface area contributed by atoms with E-state index in [1.54, 1.807) is 6.07 Å². The summed E-state index contributed by atoms with van der Waals surface area (Å²) >= 11 is 7.56. The maximum atomic E-state index is 13.1. The second-order valence-electron chi connectivity index (χ2n) is 5.50. The molecule has 130 valence electrons. The van der Waals surface area contributed by atoms with Gasteiger partial charge in [-0.2, -0.15) is 0 Å². The predicted octanol–water partition coefficient (Wildman–Crippen LogP) is 5.04. The number of hydrogen-bond donors (Lipinski definition) is 0. The fourth-order valence-corrected chi connectivity index (χ4v) is 3.58. The van der Waals surface area contributed by atoms with E-state index >= 15 is 0 Å². The molecule has 0 amide bonds. The van der Waals surface area contributed by atoms with E-state index in [9.17, 15) is 4.39 Å². The normalized spacial score (nSPS) is 12.2. The molecule has 4 nitrogen and oxygen atoms in total. The fourth-order valence-electron chi connectivity index (χ4n) is 2.34.